The van der Waals surface area contributed by atoms with Crippen LogP contribution in [0, 0.1) is 6.92 Å². The van der Waals surface area contributed by atoms with Gasteiger partial charge in [0.25, 0.3) is 0 Å². The van der Waals surface area contributed by atoms with Crippen LogP contribution in [0.15, 0.2) is 36.9 Å². The van der Waals surface area contributed by atoms with Crippen molar-refractivity contribution in [1.82, 2.24) is 29.8 Å². The summed E-state index contributed by atoms with van der Waals surface area (Å²) in [6, 6.07) is 9.08. The first-order valence-corrected chi connectivity index (χ1v) is 11.6. The topological polar surface area (TPSA) is 83.1 Å². The average molecular weight is 446 g/mol. The van der Waals surface area contributed by atoms with Crippen LogP contribution in [-0.4, -0.2) is 62.1 Å². The van der Waals surface area contributed by atoms with Crippen LogP contribution in [0.4, 0.5) is 5.82 Å². The number of piperidine rings is 1. The van der Waals surface area contributed by atoms with Gasteiger partial charge in [0.1, 0.15) is 17.9 Å². The molecule has 4 heterocycles. The molecule has 33 heavy (non-hydrogen) atoms. The molecule has 1 N–H and O–H groups in total. The number of aryl methyl sites for hydroxylation is 1. The second-order valence-corrected chi connectivity index (χ2v) is 9.19. The first-order valence-electron chi connectivity index (χ1n) is 11.6. The number of rotatable bonds is 6. The summed E-state index contributed by atoms with van der Waals surface area (Å²) in [4.78, 5) is 25.7. The SMILES string of the molecule is Cc1cccc2cc(CN(C)c3ncnc4[nH]cnc34)nc(OC3CCN(C(C)C)CC3)c12. The zero-order valence-electron chi connectivity index (χ0n) is 19.7. The van der Waals surface area contributed by atoms with Crippen molar-refractivity contribution in [2.75, 3.05) is 25.0 Å². The molecule has 8 nitrogen and oxygen atoms in total. The van der Waals surface area contributed by atoms with Crippen molar-refractivity contribution in [3.05, 3.63) is 48.2 Å². The number of hydrogen-bond acceptors (Lipinski definition) is 7. The molecule has 3 aromatic heterocycles. The number of nitrogens with one attached hydrogen (secondary N) is 1. The number of H-pyrrole nitrogens is 1. The molecule has 0 aliphatic carbocycles. The number of hydrogen-bond donors (Lipinski definition) is 1. The van der Waals surface area contributed by atoms with Crippen molar-refractivity contribution in [2.24, 2.45) is 0 Å². The van der Waals surface area contributed by atoms with Gasteiger partial charge in [0.2, 0.25) is 5.88 Å². The second-order valence-electron chi connectivity index (χ2n) is 9.19. The third-order valence-electron chi connectivity index (χ3n) is 6.53. The van der Waals surface area contributed by atoms with Crippen LogP contribution in [0.1, 0.15) is 37.9 Å². The van der Waals surface area contributed by atoms with Crippen LogP contribution in [0.3, 0.4) is 0 Å². The number of pyridine rings is 1. The number of aromatic amines is 1. The van der Waals surface area contributed by atoms with Gasteiger partial charge in [-0.05, 0) is 50.6 Å². The lowest BCUT2D eigenvalue weighted by molar-refractivity contribution is 0.0822. The maximum Gasteiger partial charge on any atom is 0.222 e. The van der Waals surface area contributed by atoms with Crippen LogP contribution in [-0.2, 0) is 6.54 Å². The molecular formula is C25H31N7O. The molecule has 1 fully saturated rings. The monoisotopic (exact) mass is 445 g/mol. The zero-order valence-corrected chi connectivity index (χ0v) is 19.7. The van der Waals surface area contributed by atoms with E-state index in [0.717, 1.165) is 65.3 Å². The third kappa shape index (κ3) is 4.35. The number of imidazole rings is 1. The van der Waals surface area contributed by atoms with Crippen LogP contribution < -0.4 is 9.64 Å². The molecule has 1 aliphatic heterocycles. The maximum absolute atomic E-state index is 6.56. The number of aromatic nitrogens is 5. The predicted molar refractivity (Wildman–Crippen MR) is 131 cm³/mol. The van der Waals surface area contributed by atoms with E-state index in [1.165, 1.54) is 5.56 Å². The maximum atomic E-state index is 6.56. The van der Waals surface area contributed by atoms with Crippen molar-refractivity contribution in [3.63, 3.8) is 0 Å². The molecule has 0 saturated carbocycles. The lowest BCUT2D eigenvalue weighted by atomic mass is 10.0. The van der Waals surface area contributed by atoms with Gasteiger partial charge in [0.15, 0.2) is 11.5 Å². The minimum atomic E-state index is 0.189. The highest BCUT2D eigenvalue weighted by molar-refractivity contribution is 5.90. The summed E-state index contributed by atoms with van der Waals surface area (Å²) >= 11 is 0. The van der Waals surface area contributed by atoms with E-state index in [-0.39, 0.29) is 6.10 Å². The average Bonchev–Trinajstić information content (AvgIpc) is 3.28. The second kappa shape index (κ2) is 8.94. The molecule has 1 aromatic carbocycles. The predicted octanol–water partition coefficient (Wildman–Crippen LogP) is 4.10. The molecule has 1 aliphatic rings. The van der Waals surface area contributed by atoms with Gasteiger partial charge < -0.3 is 19.5 Å². The summed E-state index contributed by atoms with van der Waals surface area (Å²) < 4.78 is 6.56. The third-order valence-corrected chi connectivity index (χ3v) is 6.53. The largest absolute Gasteiger partial charge is 0.474 e. The van der Waals surface area contributed by atoms with E-state index in [4.69, 9.17) is 9.72 Å². The fraction of sp³-hybridized carbons (Fsp3) is 0.440. The van der Waals surface area contributed by atoms with Gasteiger partial charge in [0, 0.05) is 31.6 Å². The summed E-state index contributed by atoms with van der Waals surface area (Å²) in [6.45, 7) is 9.36. The van der Waals surface area contributed by atoms with Crippen LogP contribution >= 0.6 is 0 Å². The molecule has 4 aromatic rings. The Balaban J connectivity index is 1.43. The molecule has 0 spiro atoms. The Kier molecular flexibility index (Phi) is 5.85. The van der Waals surface area contributed by atoms with Crippen molar-refractivity contribution in [3.8, 4) is 5.88 Å². The summed E-state index contributed by atoms with van der Waals surface area (Å²) in [5, 5.41) is 2.25. The highest BCUT2D eigenvalue weighted by Crippen LogP contribution is 2.31. The summed E-state index contributed by atoms with van der Waals surface area (Å²) in [5.41, 5.74) is 3.60. The number of anilines is 1. The Bertz CT molecular complexity index is 1260. The van der Waals surface area contributed by atoms with E-state index in [2.05, 4.69) is 74.8 Å². The van der Waals surface area contributed by atoms with Crippen LogP contribution in [0.25, 0.3) is 21.9 Å². The molecule has 0 atom stereocenters. The van der Waals surface area contributed by atoms with Gasteiger partial charge in [-0.1, -0.05) is 18.2 Å². The minimum absolute atomic E-state index is 0.189. The molecule has 0 unspecified atom stereocenters. The van der Waals surface area contributed by atoms with Gasteiger partial charge in [-0.3, -0.25) is 0 Å². The molecule has 1 saturated heterocycles. The lowest BCUT2D eigenvalue weighted by Gasteiger charge is -2.34. The van der Waals surface area contributed by atoms with E-state index in [1.807, 2.05) is 7.05 Å². The smallest absolute Gasteiger partial charge is 0.222 e. The van der Waals surface area contributed by atoms with E-state index < -0.39 is 0 Å². The summed E-state index contributed by atoms with van der Waals surface area (Å²) in [7, 11) is 2.00. The molecule has 172 valence electrons. The van der Waals surface area contributed by atoms with Gasteiger partial charge >= 0.3 is 0 Å². The Labute approximate surface area is 194 Å². The lowest BCUT2D eigenvalue weighted by Crippen LogP contribution is -2.41. The van der Waals surface area contributed by atoms with Gasteiger partial charge in [-0.25, -0.2) is 19.9 Å². The van der Waals surface area contributed by atoms with Crippen LogP contribution in [0.2, 0.25) is 0 Å². The zero-order chi connectivity index (χ0) is 22.9. The van der Waals surface area contributed by atoms with E-state index in [0.29, 0.717) is 12.6 Å². The standard InChI is InChI=1S/C25H31N7O/c1-16(2)32-10-8-20(9-11-32)33-25-21-17(3)6-5-7-18(21)12-19(30-25)13-31(4)24-22-23(27-14-26-22)28-15-29-24/h5-7,12,14-16,20H,8-11,13H2,1-4H3,(H,26,27,28,29). The Morgan fingerprint density at radius 1 is 1.18 bits per heavy atom. The van der Waals surface area contributed by atoms with Gasteiger partial charge in [-0.15, -0.1) is 0 Å². The normalized spacial score (nSPS) is 15.5. The number of nitrogens with zero attached hydrogens (tertiary/aromatic N) is 6. The van der Waals surface area contributed by atoms with Crippen molar-refractivity contribution >= 4 is 27.8 Å². The molecule has 0 bridgehead atoms. The molecule has 0 radical (unpaired) electrons. The van der Waals surface area contributed by atoms with Crippen molar-refractivity contribution < 1.29 is 4.74 Å². The first kappa shape index (κ1) is 21.6. The van der Waals surface area contributed by atoms with Crippen molar-refractivity contribution in [2.45, 2.75) is 52.3 Å². The van der Waals surface area contributed by atoms with Gasteiger partial charge in [0.05, 0.1) is 18.6 Å². The van der Waals surface area contributed by atoms with Gasteiger partial charge in [-0.2, -0.15) is 0 Å². The molecule has 0 amide bonds. The van der Waals surface area contributed by atoms with E-state index >= 15 is 0 Å². The Morgan fingerprint density at radius 2 is 2.00 bits per heavy atom. The first-order chi connectivity index (χ1) is 16.0. The van der Waals surface area contributed by atoms with E-state index in [9.17, 15) is 0 Å². The number of fused-ring (bicyclic) bond motifs is 2. The summed E-state index contributed by atoms with van der Waals surface area (Å²) in [5.74, 6) is 1.51. The fourth-order valence-corrected chi connectivity index (χ4v) is 4.68. The number of likely N-dealkylation sites (tertiary alicyclic amines) is 1. The number of benzene rings is 1. The summed E-state index contributed by atoms with van der Waals surface area (Å²) in [6.07, 6.45) is 5.44. The van der Waals surface area contributed by atoms with Crippen molar-refractivity contribution in [1.29, 1.82) is 0 Å². The molecular weight excluding hydrogens is 414 g/mol. The quantitative estimate of drug-likeness (QED) is 0.478. The minimum Gasteiger partial charge on any atom is -0.474 e. The highest BCUT2D eigenvalue weighted by atomic mass is 16.5. The fourth-order valence-electron chi connectivity index (χ4n) is 4.68. The Hall–Kier alpha value is -3.26. The molecule has 5 rings (SSSR count). The Morgan fingerprint density at radius 3 is 2.79 bits per heavy atom. The molecule has 8 heteroatoms. The van der Waals surface area contributed by atoms with Crippen LogP contribution in [0.5, 0.6) is 5.88 Å². The highest BCUT2D eigenvalue weighted by Gasteiger charge is 2.24. The van der Waals surface area contributed by atoms with E-state index in [1.54, 1.807) is 12.7 Å². The number of ether oxygens (including phenoxy) is 1.